The lowest BCUT2D eigenvalue weighted by Crippen LogP contribution is -1.97. The van der Waals surface area contributed by atoms with E-state index in [0.717, 1.165) is 28.0 Å². The molecule has 1 aromatic heterocycles. The van der Waals surface area contributed by atoms with E-state index in [0.29, 0.717) is 0 Å². The van der Waals surface area contributed by atoms with Gasteiger partial charge >= 0.3 is 0 Å². The fourth-order valence-corrected chi connectivity index (χ4v) is 2.13. The average Bonchev–Trinajstić information content (AvgIpc) is 2.85. The lowest BCUT2D eigenvalue weighted by atomic mass is 10.2. The topological polar surface area (TPSA) is 61.5 Å². The van der Waals surface area contributed by atoms with Gasteiger partial charge in [0.2, 0.25) is 5.16 Å². The number of hydrogen-bond donors (Lipinski definition) is 0. The summed E-state index contributed by atoms with van der Waals surface area (Å²) in [6.07, 6.45) is 3.64. The Morgan fingerprint density at radius 3 is 2.70 bits per heavy atom. The highest BCUT2D eigenvalue weighted by Gasteiger charge is 2.07. The quantitative estimate of drug-likeness (QED) is 0.624. The molecule has 0 aliphatic heterocycles. The van der Waals surface area contributed by atoms with Crippen LogP contribution in [0.2, 0.25) is 0 Å². The summed E-state index contributed by atoms with van der Waals surface area (Å²) < 4.78 is 12.2. The Morgan fingerprint density at radius 2 is 2.05 bits per heavy atom. The van der Waals surface area contributed by atoms with E-state index in [1.165, 1.54) is 11.8 Å². The van der Waals surface area contributed by atoms with Gasteiger partial charge in [0, 0.05) is 5.56 Å². The van der Waals surface area contributed by atoms with Gasteiger partial charge in [-0.25, -0.2) is 0 Å². The molecule has 2 rings (SSSR count). The summed E-state index contributed by atoms with van der Waals surface area (Å²) in [7, 11) is 3.25. The molecule has 0 unspecified atom stereocenters. The molecule has 1 heterocycles. The number of thioether (sulfide) groups is 1. The van der Waals surface area contributed by atoms with Crippen molar-refractivity contribution in [1.82, 2.24) is 14.9 Å². The smallest absolute Gasteiger partial charge is 0.211 e. The zero-order valence-corrected chi connectivity index (χ0v) is 12.6. The van der Waals surface area contributed by atoms with Crippen LogP contribution in [0.5, 0.6) is 11.5 Å². The van der Waals surface area contributed by atoms with Crippen molar-refractivity contribution in [3.63, 3.8) is 0 Å². The molecular weight excluding hydrogens is 276 g/mol. The highest BCUT2D eigenvalue weighted by molar-refractivity contribution is 7.98. The van der Waals surface area contributed by atoms with Gasteiger partial charge in [-0.05, 0) is 31.4 Å². The number of rotatable bonds is 5. The maximum Gasteiger partial charge on any atom is 0.211 e. The molecule has 0 radical (unpaired) electrons. The van der Waals surface area contributed by atoms with Crippen molar-refractivity contribution in [1.29, 1.82) is 0 Å². The number of benzene rings is 1. The molecule has 0 saturated heterocycles. The van der Waals surface area contributed by atoms with Crippen LogP contribution in [-0.4, -0.2) is 41.6 Å². The molecule has 106 valence electrons. The van der Waals surface area contributed by atoms with E-state index in [1.807, 2.05) is 31.4 Å². The molecule has 0 N–H and O–H groups in total. The summed E-state index contributed by atoms with van der Waals surface area (Å²) >= 11 is 1.49. The Bertz CT molecular complexity index is 625. The van der Waals surface area contributed by atoms with Gasteiger partial charge in [0.1, 0.15) is 11.5 Å². The average molecular weight is 292 g/mol. The van der Waals surface area contributed by atoms with E-state index in [-0.39, 0.29) is 0 Å². The standard InChI is InChI=1S/C13H16N4O2S/c1-9-15-16-13(20-4)17(9)14-8-10-7-11(18-2)5-6-12(10)19-3/h5-8H,1-4H3/b14-8-. The van der Waals surface area contributed by atoms with Crippen LogP contribution in [0.25, 0.3) is 0 Å². The highest BCUT2D eigenvalue weighted by atomic mass is 32.2. The van der Waals surface area contributed by atoms with E-state index in [2.05, 4.69) is 15.3 Å². The summed E-state index contributed by atoms with van der Waals surface area (Å²) in [4.78, 5) is 0. The molecule has 7 heteroatoms. The van der Waals surface area contributed by atoms with E-state index >= 15 is 0 Å². The minimum atomic E-state index is 0.728. The van der Waals surface area contributed by atoms with Crippen LogP contribution in [-0.2, 0) is 0 Å². The molecule has 0 atom stereocenters. The van der Waals surface area contributed by atoms with Gasteiger partial charge in [0.25, 0.3) is 0 Å². The Hall–Kier alpha value is -2.02. The molecule has 0 spiro atoms. The molecule has 0 fully saturated rings. The van der Waals surface area contributed by atoms with Crippen LogP contribution in [0.15, 0.2) is 28.5 Å². The van der Waals surface area contributed by atoms with Crippen molar-refractivity contribution in [2.45, 2.75) is 12.1 Å². The van der Waals surface area contributed by atoms with Crippen LogP contribution >= 0.6 is 11.8 Å². The summed E-state index contributed by atoms with van der Waals surface area (Å²) in [6.45, 7) is 1.85. The van der Waals surface area contributed by atoms with Gasteiger partial charge in [-0.15, -0.1) is 10.2 Å². The molecule has 1 aromatic carbocycles. The Balaban J connectivity index is 2.37. The lowest BCUT2D eigenvalue weighted by molar-refractivity contribution is 0.402. The molecule has 0 aliphatic carbocycles. The number of nitrogens with zero attached hydrogens (tertiary/aromatic N) is 4. The zero-order chi connectivity index (χ0) is 14.5. The van der Waals surface area contributed by atoms with Gasteiger partial charge in [0.05, 0.1) is 20.4 Å². The van der Waals surface area contributed by atoms with Crippen molar-refractivity contribution in [2.24, 2.45) is 5.10 Å². The van der Waals surface area contributed by atoms with E-state index < -0.39 is 0 Å². The van der Waals surface area contributed by atoms with Gasteiger partial charge in [-0.1, -0.05) is 11.8 Å². The first-order valence-electron chi connectivity index (χ1n) is 5.92. The molecule has 6 nitrogen and oxygen atoms in total. The largest absolute Gasteiger partial charge is 0.497 e. The highest BCUT2D eigenvalue weighted by Crippen LogP contribution is 2.22. The van der Waals surface area contributed by atoms with Crippen LogP contribution in [0.4, 0.5) is 0 Å². The van der Waals surface area contributed by atoms with Crippen molar-refractivity contribution in [3.8, 4) is 11.5 Å². The Morgan fingerprint density at radius 1 is 1.25 bits per heavy atom. The van der Waals surface area contributed by atoms with Crippen molar-refractivity contribution >= 4 is 18.0 Å². The number of aromatic nitrogens is 3. The number of methoxy groups -OCH3 is 2. The Kier molecular flexibility index (Phi) is 4.62. The number of hydrogen-bond acceptors (Lipinski definition) is 6. The fourth-order valence-electron chi connectivity index (χ4n) is 1.66. The van der Waals surface area contributed by atoms with Gasteiger partial charge in [-0.2, -0.15) is 9.78 Å². The van der Waals surface area contributed by atoms with Crippen molar-refractivity contribution in [3.05, 3.63) is 29.6 Å². The van der Waals surface area contributed by atoms with Crippen LogP contribution < -0.4 is 9.47 Å². The van der Waals surface area contributed by atoms with E-state index in [1.54, 1.807) is 25.1 Å². The summed E-state index contributed by atoms with van der Waals surface area (Å²) in [6, 6.07) is 5.54. The molecule has 0 amide bonds. The second-order valence-corrected chi connectivity index (χ2v) is 4.67. The SMILES string of the molecule is COc1ccc(OC)c(/C=N\n2c(C)nnc2SC)c1. The third-order valence-corrected chi connectivity index (χ3v) is 3.32. The van der Waals surface area contributed by atoms with E-state index in [9.17, 15) is 0 Å². The van der Waals surface area contributed by atoms with Gasteiger partial charge < -0.3 is 9.47 Å². The van der Waals surface area contributed by atoms with Crippen LogP contribution in [0.1, 0.15) is 11.4 Å². The summed E-state index contributed by atoms with van der Waals surface area (Å²) in [5.41, 5.74) is 0.826. The Labute approximate surface area is 121 Å². The minimum Gasteiger partial charge on any atom is -0.497 e. The first-order valence-corrected chi connectivity index (χ1v) is 7.14. The second-order valence-electron chi connectivity index (χ2n) is 3.90. The van der Waals surface area contributed by atoms with Crippen molar-refractivity contribution < 1.29 is 9.47 Å². The zero-order valence-electron chi connectivity index (χ0n) is 11.8. The maximum atomic E-state index is 5.31. The monoisotopic (exact) mass is 292 g/mol. The maximum absolute atomic E-state index is 5.31. The van der Waals surface area contributed by atoms with Crippen molar-refractivity contribution in [2.75, 3.05) is 20.5 Å². The number of ether oxygens (including phenoxy) is 2. The number of aryl methyl sites for hydroxylation is 1. The minimum absolute atomic E-state index is 0.728. The van der Waals surface area contributed by atoms with Crippen LogP contribution in [0.3, 0.4) is 0 Å². The normalized spacial score (nSPS) is 11.0. The van der Waals surface area contributed by atoms with Crippen LogP contribution in [0, 0.1) is 6.92 Å². The summed E-state index contributed by atoms with van der Waals surface area (Å²) in [5, 5.41) is 13.2. The van der Waals surface area contributed by atoms with Gasteiger partial charge in [0.15, 0.2) is 5.82 Å². The molecular formula is C13H16N4O2S. The third kappa shape index (κ3) is 2.93. The molecule has 0 bridgehead atoms. The second kappa shape index (κ2) is 6.42. The lowest BCUT2D eigenvalue weighted by Gasteiger charge is -2.07. The molecule has 0 saturated carbocycles. The predicted octanol–water partition coefficient (Wildman–Crippen LogP) is 2.21. The first-order chi connectivity index (χ1) is 9.69. The molecule has 0 aliphatic rings. The predicted molar refractivity (Wildman–Crippen MR) is 79.1 cm³/mol. The molecule has 20 heavy (non-hydrogen) atoms. The molecule has 2 aromatic rings. The van der Waals surface area contributed by atoms with Gasteiger partial charge in [-0.3, -0.25) is 0 Å². The summed E-state index contributed by atoms with van der Waals surface area (Å²) in [5.74, 6) is 2.20. The fraction of sp³-hybridized carbons (Fsp3) is 0.308. The van der Waals surface area contributed by atoms with E-state index in [4.69, 9.17) is 9.47 Å². The third-order valence-electron chi connectivity index (χ3n) is 2.70. The first kappa shape index (κ1) is 14.4.